The van der Waals surface area contributed by atoms with Crippen LogP contribution in [0.3, 0.4) is 0 Å². The molecule has 0 aliphatic heterocycles. The predicted molar refractivity (Wildman–Crippen MR) is 92.0 cm³/mol. The Kier molecular flexibility index (Phi) is 10.1. The normalized spacial score (nSPS) is 13.0. The van der Waals surface area contributed by atoms with E-state index in [0.29, 0.717) is 17.9 Å². The summed E-state index contributed by atoms with van der Waals surface area (Å²) in [5, 5.41) is 0.339. The molecule has 0 aromatic rings. The van der Waals surface area contributed by atoms with Crippen LogP contribution in [-0.2, 0) is 0 Å². The zero-order valence-corrected chi connectivity index (χ0v) is 14.2. The van der Waals surface area contributed by atoms with Gasteiger partial charge >= 0.3 is 0 Å². The molecule has 0 aromatic heterocycles. The third kappa shape index (κ3) is 7.65. The van der Waals surface area contributed by atoms with E-state index in [2.05, 4.69) is 65.6 Å². The maximum atomic E-state index is 2.44. The first-order valence-corrected chi connectivity index (χ1v) is 8.30. The molecule has 0 radical (unpaired) electrons. The van der Waals surface area contributed by atoms with Gasteiger partial charge in [0.1, 0.15) is 0 Å². The molecule has 0 bridgehead atoms. The zero-order chi connectivity index (χ0) is 14.7. The lowest BCUT2D eigenvalue weighted by Crippen LogP contribution is -2.29. The van der Waals surface area contributed by atoms with Crippen LogP contribution in [0, 0.1) is 5.92 Å². The Hall–Kier alpha value is -0.455. The molecule has 0 spiro atoms. The largest absolute Gasteiger partial charge is 0.197 e. The average Bonchev–Trinajstić information content (AvgIpc) is 2.36. The van der Waals surface area contributed by atoms with E-state index in [1.807, 2.05) is 0 Å². The lowest BCUT2D eigenvalue weighted by Gasteiger charge is -2.32. The molecule has 110 valence electrons. The van der Waals surface area contributed by atoms with E-state index in [0.717, 1.165) is 0 Å². The molecular weight excluding hydrogens is 227 g/mol. The lowest BCUT2D eigenvalue weighted by molar-refractivity contribution is 0.471. The maximum Gasteiger partial charge on any atom is 0.197 e. The second-order valence-corrected chi connectivity index (χ2v) is 6.64. The number of hydrogen-bond donors (Lipinski definition) is 0. The van der Waals surface area contributed by atoms with Gasteiger partial charge in [-0.25, -0.2) is 0 Å². The summed E-state index contributed by atoms with van der Waals surface area (Å²) < 4.78 is 0. The second kappa shape index (κ2) is 10.3. The van der Waals surface area contributed by atoms with E-state index in [4.69, 9.17) is 0 Å². The van der Waals surface area contributed by atoms with Crippen molar-refractivity contribution in [2.45, 2.75) is 85.4 Å². The van der Waals surface area contributed by atoms with Gasteiger partial charge in [-0.05, 0) is 24.1 Å². The highest BCUT2D eigenvalue weighted by Crippen LogP contribution is 2.38. The van der Waals surface area contributed by atoms with Crippen molar-refractivity contribution in [2.24, 2.45) is 5.92 Å². The van der Waals surface area contributed by atoms with Gasteiger partial charge in [-0.2, -0.15) is 0 Å². The summed E-state index contributed by atoms with van der Waals surface area (Å²) >= 11 is 0. The SMILES string of the molecule is CCCC/C=C/B(/C=C/CCCC)C(C)(C)C(C)C. The predicted octanol–water partition coefficient (Wildman–Crippen LogP) is 6.49. The molecule has 0 N–H and O–H groups in total. The summed E-state index contributed by atoms with van der Waals surface area (Å²) in [6.07, 6.45) is 12.4. The number of hydrogen-bond acceptors (Lipinski definition) is 0. The standard InChI is InChI=1S/C18H35B/c1-7-9-11-13-15-19(16-14-12-10-8-2)18(5,6)17(3)4/h13-17H,7-12H2,1-6H3/b15-13+,16-14+. The van der Waals surface area contributed by atoms with Crippen molar-refractivity contribution in [3.8, 4) is 0 Å². The molecule has 19 heavy (non-hydrogen) atoms. The molecule has 0 heterocycles. The minimum absolute atomic E-state index is 0.339. The number of allylic oxidation sites excluding steroid dienone is 2. The third-order valence-electron chi connectivity index (χ3n) is 4.48. The first-order chi connectivity index (χ1) is 8.96. The van der Waals surface area contributed by atoms with Crippen LogP contribution in [-0.4, -0.2) is 6.71 Å². The smallest absolute Gasteiger partial charge is 0.114 e. The van der Waals surface area contributed by atoms with Crippen molar-refractivity contribution in [1.82, 2.24) is 0 Å². The van der Waals surface area contributed by atoms with Gasteiger partial charge in [0, 0.05) is 0 Å². The van der Waals surface area contributed by atoms with Gasteiger partial charge in [-0.15, -0.1) is 12.0 Å². The van der Waals surface area contributed by atoms with E-state index < -0.39 is 0 Å². The molecule has 0 saturated heterocycles. The summed E-state index contributed by atoms with van der Waals surface area (Å²) in [5.74, 6) is 5.58. The summed E-state index contributed by atoms with van der Waals surface area (Å²) in [4.78, 5) is 0. The molecule has 0 aromatic carbocycles. The van der Waals surface area contributed by atoms with E-state index >= 15 is 0 Å². The monoisotopic (exact) mass is 262 g/mol. The van der Waals surface area contributed by atoms with Crippen molar-refractivity contribution >= 4 is 6.71 Å². The lowest BCUT2D eigenvalue weighted by atomic mass is 9.31. The Morgan fingerprint density at radius 1 is 0.895 bits per heavy atom. The molecule has 0 atom stereocenters. The Labute approximate surface area is 122 Å². The van der Waals surface area contributed by atoms with Gasteiger partial charge in [-0.1, -0.05) is 79.4 Å². The minimum atomic E-state index is 0.339. The van der Waals surface area contributed by atoms with E-state index in [-0.39, 0.29) is 0 Å². The minimum Gasteiger partial charge on any atom is -0.114 e. The van der Waals surface area contributed by atoms with Gasteiger partial charge in [0.15, 0.2) is 6.71 Å². The molecular formula is C18H35B. The van der Waals surface area contributed by atoms with Crippen LogP contribution in [0.15, 0.2) is 24.1 Å². The van der Waals surface area contributed by atoms with Crippen molar-refractivity contribution in [2.75, 3.05) is 0 Å². The molecule has 0 saturated carbocycles. The van der Waals surface area contributed by atoms with E-state index in [1.165, 1.54) is 38.5 Å². The van der Waals surface area contributed by atoms with Gasteiger partial charge in [0.05, 0.1) is 0 Å². The fourth-order valence-electron chi connectivity index (χ4n) is 2.07. The summed E-state index contributed by atoms with van der Waals surface area (Å²) in [7, 11) is 0. The van der Waals surface area contributed by atoms with Crippen molar-refractivity contribution in [1.29, 1.82) is 0 Å². The summed E-state index contributed by atoms with van der Waals surface area (Å²) in [6.45, 7) is 14.6. The highest BCUT2D eigenvalue weighted by Gasteiger charge is 2.31. The fourth-order valence-corrected chi connectivity index (χ4v) is 2.07. The first-order valence-electron chi connectivity index (χ1n) is 8.30. The zero-order valence-electron chi connectivity index (χ0n) is 14.2. The second-order valence-electron chi connectivity index (χ2n) is 6.64. The maximum absolute atomic E-state index is 2.44. The Morgan fingerprint density at radius 3 is 1.63 bits per heavy atom. The average molecular weight is 262 g/mol. The Balaban J connectivity index is 4.64. The van der Waals surface area contributed by atoms with E-state index in [1.54, 1.807) is 0 Å². The molecule has 0 nitrogen and oxygen atoms in total. The van der Waals surface area contributed by atoms with Crippen LogP contribution in [0.1, 0.15) is 80.1 Å². The quantitative estimate of drug-likeness (QED) is 0.312. The molecule has 1 heteroatoms. The van der Waals surface area contributed by atoms with Crippen LogP contribution in [0.5, 0.6) is 0 Å². The number of unbranched alkanes of at least 4 members (excludes halogenated alkanes) is 4. The highest BCUT2D eigenvalue weighted by molar-refractivity contribution is 6.72. The van der Waals surface area contributed by atoms with Crippen molar-refractivity contribution in [3.63, 3.8) is 0 Å². The molecule has 0 rings (SSSR count). The highest BCUT2D eigenvalue weighted by atomic mass is 14.2. The van der Waals surface area contributed by atoms with Gasteiger partial charge < -0.3 is 0 Å². The molecule has 0 unspecified atom stereocenters. The molecule has 0 aliphatic rings. The van der Waals surface area contributed by atoms with Crippen LogP contribution in [0.25, 0.3) is 0 Å². The topological polar surface area (TPSA) is 0 Å². The summed E-state index contributed by atoms with van der Waals surface area (Å²) in [6, 6.07) is 0. The fraction of sp³-hybridized carbons (Fsp3) is 0.778. The first kappa shape index (κ1) is 18.5. The Morgan fingerprint density at radius 2 is 1.32 bits per heavy atom. The van der Waals surface area contributed by atoms with Gasteiger partial charge in [0.2, 0.25) is 0 Å². The van der Waals surface area contributed by atoms with Crippen molar-refractivity contribution < 1.29 is 0 Å². The van der Waals surface area contributed by atoms with Crippen LogP contribution >= 0.6 is 0 Å². The summed E-state index contributed by atoms with van der Waals surface area (Å²) in [5.41, 5.74) is 0. The van der Waals surface area contributed by atoms with Gasteiger partial charge in [-0.3, -0.25) is 0 Å². The third-order valence-corrected chi connectivity index (χ3v) is 4.48. The Bertz CT molecular complexity index is 243. The van der Waals surface area contributed by atoms with Crippen LogP contribution in [0.4, 0.5) is 0 Å². The molecule has 0 aliphatic carbocycles. The van der Waals surface area contributed by atoms with Gasteiger partial charge in [0.25, 0.3) is 0 Å². The van der Waals surface area contributed by atoms with E-state index in [9.17, 15) is 0 Å². The van der Waals surface area contributed by atoms with Crippen LogP contribution in [0.2, 0.25) is 5.31 Å². The van der Waals surface area contributed by atoms with Crippen LogP contribution < -0.4 is 0 Å². The van der Waals surface area contributed by atoms with Crippen molar-refractivity contribution in [3.05, 3.63) is 24.1 Å². The number of rotatable bonds is 10. The molecule has 0 amide bonds. The molecule has 0 fully saturated rings.